The van der Waals surface area contributed by atoms with Crippen molar-refractivity contribution in [1.29, 1.82) is 0 Å². The standard InChI is InChI=1S/C76H136NO8P/c1-6-8-10-12-14-16-18-20-22-24-26-28-30-32-34-36-38-40-42-44-46-48-50-52-54-56-58-60-62-64-66-68-75(78)82-72-74(73-84-86(80,81)83-71-70-77(3,4)5)85-76(79)69-67-65-63-61-59-57-55-53-51-49-47-45-43-41-39-37-35-33-31-29-27-25-23-21-19-17-15-13-11-9-7-2/h9,11,15,17-18,20-21,23-24,26-27,29,33,35,39,41,74H,6-8,10,12-14,16,19,22,25,28,30-32,34,36-38,40,42-73H2,1-5H3/p+1/b11-9-,17-15-,20-18-,23-21-,26-24-,29-27-,35-33-,41-39-. The molecule has 0 radical (unpaired) electrons. The molecule has 0 fully saturated rings. The van der Waals surface area contributed by atoms with Gasteiger partial charge in [-0.2, -0.15) is 0 Å². The molecule has 9 nitrogen and oxygen atoms in total. The molecular weight excluding hydrogens is 1090 g/mol. The number of hydrogen-bond acceptors (Lipinski definition) is 7. The summed E-state index contributed by atoms with van der Waals surface area (Å²) in [6.07, 6.45) is 92.3. The van der Waals surface area contributed by atoms with E-state index in [2.05, 4.69) is 111 Å². The van der Waals surface area contributed by atoms with E-state index in [0.717, 1.165) is 83.5 Å². The molecule has 0 rings (SSSR count). The van der Waals surface area contributed by atoms with Crippen LogP contribution in [-0.2, 0) is 32.7 Å². The van der Waals surface area contributed by atoms with Crippen molar-refractivity contribution in [1.82, 2.24) is 0 Å². The van der Waals surface area contributed by atoms with Gasteiger partial charge in [-0.15, -0.1) is 0 Å². The van der Waals surface area contributed by atoms with E-state index in [0.29, 0.717) is 17.4 Å². The SMILES string of the molecule is CC/C=C\C/C=C\C/C=C\C/C=C\C/C=C\C/C=C\CCCCCCCCCCCCCCC(=O)OC(COC(=O)CCCCCCCCCCCCCCCCCCCCC/C=C\C/C=C\CCCCCCC)COP(=O)(O)OCC[N+](C)(C)C. The van der Waals surface area contributed by atoms with Crippen LogP contribution >= 0.6 is 7.82 Å². The van der Waals surface area contributed by atoms with Crippen LogP contribution in [0.4, 0.5) is 0 Å². The van der Waals surface area contributed by atoms with Crippen molar-refractivity contribution in [3.05, 3.63) is 97.2 Å². The summed E-state index contributed by atoms with van der Waals surface area (Å²) >= 11 is 0. The number of phosphoric acid groups is 1. The van der Waals surface area contributed by atoms with E-state index in [1.54, 1.807) is 0 Å². The van der Waals surface area contributed by atoms with E-state index in [-0.39, 0.29) is 32.0 Å². The lowest BCUT2D eigenvalue weighted by Crippen LogP contribution is -2.37. The van der Waals surface area contributed by atoms with Gasteiger partial charge in [-0.3, -0.25) is 18.6 Å². The summed E-state index contributed by atoms with van der Waals surface area (Å²) in [4.78, 5) is 35.9. The van der Waals surface area contributed by atoms with Crippen molar-refractivity contribution >= 4 is 19.8 Å². The summed E-state index contributed by atoms with van der Waals surface area (Å²) in [6.45, 7) is 4.34. The number of unbranched alkanes of at least 4 members (excludes halogenated alkanes) is 36. The van der Waals surface area contributed by atoms with Crippen molar-refractivity contribution in [2.45, 2.75) is 328 Å². The zero-order valence-electron chi connectivity index (χ0n) is 56.8. The number of quaternary nitrogens is 1. The number of ether oxygens (including phenoxy) is 2. The molecule has 0 aliphatic carbocycles. The Labute approximate surface area is 532 Å². The number of nitrogens with zero attached hydrogens (tertiary/aromatic N) is 1. The highest BCUT2D eigenvalue weighted by Gasteiger charge is 2.27. The summed E-state index contributed by atoms with van der Waals surface area (Å²) in [5.41, 5.74) is 0. The van der Waals surface area contributed by atoms with Crippen LogP contribution in [0.1, 0.15) is 322 Å². The second-order valence-corrected chi connectivity index (χ2v) is 26.7. The largest absolute Gasteiger partial charge is 0.472 e. The molecule has 1 N–H and O–H groups in total. The topological polar surface area (TPSA) is 108 Å². The molecule has 10 heteroatoms. The van der Waals surface area contributed by atoms with Gasteiger partial charge in [0.2, 0.25) is 0 Å². The second-order valence-electron chi connectivity index (χ2n) is 25.2. The van der Waals surface area contributed by atoms with Crippen LogP contribution in [0.3, 0.4) is 0 Å². The van der Waals surface area contributed by atoms with Crippen molar-refractivity contribution in [2.75, 3.05) is 47.5 Å². The number of rotatable bonds is 66. The lowest BCUT2D eigenvalue weighted by Gasteiger charge is -2.24. The first-order valence-electron chi connectivity index (χ1n) is 36.0. The third-order valence-corrected chi connectivity index (χ3v) is 16.6. The molecule has 0 saturated heterocycles. The minimum Gasteiger partial charge on any atom is -0.462 e. The molecule has 0 spiro atoms. The summed E-state index contributed by atoms with van der Waals surface area (Å²) in [7, 11) is 1.48. The van der Waals surface area contributed by atoms with Crippen LogP contribution < -0.4 is 0 Å². The van der Waals surface area contributed by atoms with Gasteiger partial charge in [-0.05, 0) is 96.3 Å². The molecule has 0 aromatic carbocycles. The molecule has 0 amide bonds. The van der Waals surface area contributed by atoms with Crippen molar-refractivity contribution in [3.63, 3.8) is 0 Å². The summed E-state index contributed by atoms with van der Waals surface area (Å²) < 4.78 is 34.8. The molecule has 2 atom stereocenters. The van der Waals surface area contributed by atoms with Crippen LogP contribution in [0.5, 0.6) is 0 Å². The average molecular weight is 1220 g/mol. The maximum atomic E-state index is 12.9. The van der Waals surface area contributed by atoms with E-state index in [1.807, 2.05) is 21.1 Å². The van der Waals surface area contributed by atoms with Gasteiger partial charge in [-0.1, -0.05) is 310 Å². The number of likely N-dealkylation sites (N-methyl/N-ethyl adjacent to an activating group) is 1. The second kappa shape index (κ2) is 66.4. The van der Waals surface area contributed by atoms with Crippen molar-refractivity contribution < 1.29 is 42.1 Å². The smallest absolute Gasteiger partial charge is 0.462 e. The van der Waals surface area contributed by atoms with Gasteiger partial charge in [0.1, 0.15) is 19.8 Å². The molecule has 0 aromatic heterocycles. The van der Waals surface area contributed by atoms with E-state index < -0.39 is 26.5 Å². The lowest BCUT2D eigenvalue weighted by molar-refractivity contribution is -0.870. The van der Waals surface area contributed by atoms with Gasteiger partial charge < -0.3 is 18.9 Å². The molecule has 2 unspecified atom stereocenters. The van der Waals surface area contributed by atoms with Gasteiger partial charge in [-0.25, -0.2) is 4.57 Å². The van der Waals surface area contributed by atoms with E-state index in [1.165, 1.54) is 205 Å². The molecule has 0 bridgehead atoms. The lowest BCUT2D eigenvalue weighted by atomic mass is 10.0. The van der Waals surface area contributed by atoms with E-state index in [9.17, 15) is 19.0 Å². The third kappa shape index (κ3) is 70.0. The van der Waals surface area contributed by atoms with Gasteiger partial charge in [0.25, 0.3) is 0 Å². The van der Waals surface area contributed by atoms with Crippen LogP contribution in [0.15, 0.2) is 97.2 Å². The Kier molecular flexibility index (Phi) is 64.0. The van der Waals surface area contributed by atoms with Crippen LogP contribution in [0.25, 0.3) is 0 Å². The van der Waals surface area contributed by atoms with Crippen LogP contribution in [-0.4, -0.2) is 74.9 Å². The highest BCUT2D eigenvalue weighted by atomic mass is 31.2. The first kappa shape index (κ1) is 82.9. The normalized spacial score (nSPS) is 13.7. The van der Waals surface area contributed by atoms with Crippen molar-refractivity contribution in [3.8, 4) is 0 Å². The number of allylic oxidation sites excluding steroid dienone is 16. The minimum atomic E-state index is -4.40. The highest BCUT2D eigenvalue weighted by molar-refractivity contribution is 7.47. The number of carbonyl (C=O) groups is 2. The number of phosphoric ester groups is 1. The van der Waals surface area contributed by atoms with Crippen LogP contribution in [0, 0.1) is 0 Å². The fourth-order valence-electron chi connectivity index (χ4n) is 10.1. The van der Waals surface area contributed by atoms with E-state index >= 15 is 0 Å². The highest BCUT2D eigenvalue weighted by Crippen LogP contribution is 2.43. The summed E-state index contributed by atoms with van der Waals surface area (Å²) in [5, 5.41) is 0. The zero-order chi connectivity index (χ0) is 62.6. The van der Waals surface area contributed by atoms with Gasteiger partial charge in [0, 0.05) is 12.8 Å². The number of carbonyl (C=O) groups excluding carboxylic acids is 2. The number of hydrogen-bond donors (Lipinski definition) is 1. The third-order valence-electron chi connectivity index (χ3n) is 15.6. The Morgan fingerprint density at radius 2 is 0.663 bits per heavy atom. The predicted octanol–water partition coefficient (Wildman–Crippen LogP) is 23.5. The molecule has 0 aliphatic rings. The maximum absolute atomic E-state index is 12.9. The van der Waals surface area contributed by atoms with Gasteiger partial charge >= 0.3 is 19.8 Å². The zero-order valence-corrected chi connectivity index (χ0v) is 57.7. The first-order chi connectivity index (χ1) is 42.0. The summed E-state index contributed by atoms with van der Waals surface area (Å²) in [5.74, 6) is -0.790. The number of esters is 2. The average Bonchev–Trinajstić information content (AvgIpc) is 3.56. The van der Waals surface area contributed by atoms with Crippen LogP contribution in [0.2, 0.25) is 0 Å². The Morgan fingerprint density at radius 3 is 0.988 bits per heavy atom. The maximum Gasteiger partial charge on any atom is 0.472 e. The van der Waals surface area contributed by atoms with E-state index in [4.69, 9.17) is 18.5 Å². The molecule has 86 heavy (non-hydrogen) atoms. The Bertz CT molecular complexity index is 1770. The summed E-state index contributed by atoms with van der Waals surface area (Å²) in [6, 6.07) is 0. The van der Waals surface area contributed by atoms with Gasteiger partial charge in [0.15, 0.2) is 6.10 Å². The van der Waals surface area contributed by atoms with Crippen molar-refractivity contribution in [2.24, 2.45) is 0 Å². The molecule has 0 aromatic rings. The van der Waals surface area contributed by atoms with Gasteiger partial charge in [0.05, 0.1) is 27.7 Å². The monoisotopic (exact) mass is 1220 g/mol. The Balaban J connectivity index is 4.03. The predicted molar refractivity (Wildman–Crippen MR) is 372 cm³/mol. The molecule has 498 valence electrons. The fourth-order valence-corrected chi connectivity index (χ4v) is 10.9. The molecule has 0 heterocycles. The fraction of sp³-hybridized carbons (Fsp3) is 0.763. The quantitative estimate of drug-likeness (QED) is 0.0211. The Hall–Kier alpha value is -3.07. The minimum absolute atomic E-state index is 0.0292. The Morgan fingerprint density at radius 1 is 0.372 bits per heavy atom. The molecule has 0 aliphatic heterocycles. The first-order valence-corrected chi connectivity index (χ1v) is 37.5. The molecular formula is C76H137NO8P+. The molecule has 0 saturated carbocycles.